The third kappa shape index (κ3) is 5.75. The van der Waals surface area contributed by atoms with Gasteiger partial charge >= 0.3 is 8.80 Å². The van der Waals surface area contributed by atoms with Crippen LogP contribution in [0.5, 0.6) is 0 Å². The van der Waals surface area contributed by atoms with Crippen molar-refractivity contribution in [2.45, 2.75) is 46.6 Å². The largest absolute Gasteiger partial charge is 0.500 e. The van der Waals surface area contributed by atoms with E-state index in [0.717, 1.165) is 18.9 Å². The molecule has 0 aliphatic heterocycles. The van der Waals surface area contributed by atoms with Crippen LogP contribution in [0.25, 0.3) is 0 Å². The van der Waals surface area contributed by atoms with E-state index in [1.807, 2.05) is 32.1 Å². The molecule has 19 heavy (non-hydrogen) atoms. The first kappa shape index (κ1) is 16.9. The molecule has 0 fully saturated rings. The van der Waals surface area contributed by atoms with Crippen molar-refractivity contribution in [3.8, 4) is 0 Å². The van der Waals surface area contributed by atoms with Crippen molar-refractivity contribution < 1.29 is 13.3 Å². The molecule has 0 atom stereocenters. The van der Waals surface area contributed by atoms with Crippen LogP contribution < -0.4 is 0 Å². The Kier molecular flexibility index (Phi) is 7.86. The minimum absolute atomic E-state index is 0.657. The van der Waals surface area contributed by atoms with Crippen LogP contribution in [0, 0.1) is 6.92 Å². The summed E-state index contributed by atoms with van der Waals surface area (Å²) in [6, 6.07) is 3.16. The number of hydrogen-bond donors (Lipinski definition) is 0. The Morgan fingerprint density at radius 3 is 2.05 bits per heavy atom. The van der Waals surface area contributed by atoms with Crippen molar-refractivity contribution in [2.75, 3.05) is 19.8 Å². The normalized spacial score (nSPS) is 12.0. The van der Waals surface area contributed by atoms with Gasteiger partial charge in [0.05, 0.1) is 0 Å². The fourth-order valence-electron chi connectivity index (χ4n) is 2.10. The average Bonchev–Trinajstić information content (AvgIpc) is 2.76. The summed E-state index contributed by atoms with van der Waals surface area (Å²) in [6.45, 7) is 10.1. The summed E-state index contributed by atoms with van der Waals surface area (Å²) in [5.41, 5.74) is 1.35. The second kappa shape index (κ2) is 8.87. The van der Waals surface area contributed by atoms with E-state index in [1.54, 1.807) is 0 Å². The maximum absolute atomic E-state index is 5.85. The lowest BCUT2D eigenvalue weighted by molar-refractivity contribution is 0.0709. The SMILES string of the molecule is CCO[Si](CCCc1cc(C)cs1)(OCC)OCC. The zero-order valence-electron chi connectivity index (χ0n) is 12.5. The van der Waals surface area contributed by atoms with Crippen LogP contribution >= 0.6 is 11.3 Å². The lowest BCUT2D eigenvalue weighted by Gasteiger charge is -2.28. The summed E-state index contributed by atoms with van der Waals surface area (Å²) < 4.78 is 17.6. The highest BCUT2D eigenvalue weighted by Gasteiger charge is 2.39. The lowest BCUT2D eigenvalue weighted by atomic mass is 10.2. The molecule has 1 aromatic heterocycles. The van der Waals surface area contributed by atoms with E-state index < -0.39 is 8.80 Å². The summed E-state index contributed by atoms with van der Waals surface area (Å²) in [7, 11) is -2.44. The third-order valence-electron chi connectivity index (χ3n) is 2.78. The quantitative estimate of drug-likeness (QED) is 0.611. The van der Waals surface area contributed by atoms with Gasteiger partial charge in [-0.1, -0.05) is 0 Å². The fourth-order valence-corrected chi connectivity index (χ4v) is 5.64. The lowest BCUT2D eigenvalue weighted by Crippen LogP contribution is -2.46. The first-order valence-electron chi connectivity index (χ1n) is 7.11. The number of hydrogen-bond acceptors (Lipinski definition) is 4. The maximum Gasteiger partial charge on any atom is 0.500 e. The van der Waals surface area contributed by atoms with Gasteiger partial charge in [-0.05, 0) is 57.5 Å². The number of aryl methyl sites for hydroxylation is 2. The van der Waals surface area contributed by atoms with E-state index >= 15 is 0 Å². The second-order valence-corrected chi connectivity index (χ2v) is 8.15. The van der Waals surface area contributed by atoms with Gasteiger partial charge in [0.1, 0.15) is 0 Å². The fraction of sp³-hybridized carbons (Fsp3) is 0.714. The van der Waals surface area contributed by atoms with Crippen molar-refractivity contribution in [3.05, 3.63) is 21.9 Å². The molecule has 0 aromatic carbocycles. The van der Waals surface area contributed by atoms with Crippen molar-refractivity contribution in [2.24, 2.45) is 0 Å². The summed E-state index contributed by atoms with van der Waals surface area (Å²) >= 11 is 1.83. The van der Waals surface area contributed by atoms with Gasteiger partial charge in [0.25, 0.3) is 0 Å². The molecular weight excluding hydrogens is 276 g/mol. The van der Waals surface area contributed by atoms with E-state index in [9.17, 15) is 0 Å². The van der Waals surface area contributed by atoms with Crippen molar-refractivity contribution >= 4 is 20.1 Å². The van der Waals surface area contributed by atoms with E-state index in [0.29, 0.717) is 19.8 Å². The highest BCUT2D eigenvalue weighted by molar-refractivity contribution is 7.10. The van der Waals surface area contributed by atoms with Gasteiger partial charge in [0.2, 0.25) is 0 Å². The maximum atomic E-state index is 5.85. The summed E-state index contributed by atoms with van der Waals surface area (Å²) in [5.74, 6) is 0. The Balaban J connectivity index is 2.50. The van der Waals surface area contributed by atoms with Crippen LogP contribution in [0.15, 0.2) is 11.4 Å². The molecule has 0 radical (unpaired) electrons. The predicted molar refractivity (Wildman–Crippen MR) is 82.8 cm³/mol. The van der Waals surface area contributed by atoms with Crippen molar-refractivity contribution in [1.82, 2.24) is 0 Å². The summed E-state index contributed by atoms with van der Waals surface area (Å²) in [6.07, 6.45) is 2.15. The van der Waals surface area contributed by atoms with Gasteiger partial charge in [-0.25, -0.2) is 0 Å². The smallest absolute Gasteiger partial charge is 0.374 e. The molecule has 0 aliphatic carbocycles. The molecule has 1 rings (SSSR count). The van der Waals surface area contributed by atoms with E-state index in [2.05, 4.69) is 18.4 Å². The Morgan fingerprint density at radius 2 is 1.63 bits per heavy atom. The Labute approximate surface area is 122 Å². The first-order valence-corrected chi connectivity index (χ1v) is 9.92. The Bertz CT molecular complexity index is 337. The number of rotatable bonds is 10. The van der Waals surface area contributed by atoms with Crippen LogP contribution in [-0.2, 0) is 19.7 Å². The second-order valence-electron chi connectivity index (χ2n) is 4.43. The molecule has 0 aliphatic rings. The van der Waals surface area contributed by atoms with Gasteiger partial charge in [0, 0.05) is 30.7 Å². The Morgan fingerprint density at radius 1 is 1.05 bits per heavy atom. The predicted octanol–water partition coefficient (Wildman–Crippen LogP) is 4.04. The van der Waals surface area contributed by atoms with E-state index in [4.69, 9.17) is 13.3 Å². The van der Waals surface area contributed by atoms with Gasteiger partial charge in [-0.15, -0.1) is 11.3 Å². The molecular formula is C14H26O3SSi. The van der Waals surface area contributed by atoms with E-state index in [-0.39, 0.29) is 0 Å². The van der Waals surface area contributed by atoms with Crippen LogP contribution in [0.3, 0.4) is 0 Å². The van der Waals surface area contributed by atoms with Crippen LogP contribution in [0.1, 0.15) is 37.6 Å². The monoisotopic (exact) mass is 302 g/mol. The topological polar surface area (TPSA) is 27.7 Å². The minimum Gasteiger partial charge on any atom is -0.374 e. The molecule has 0 N–H and O–H groups in total. The van der Waals surface area contributed by atoms with Crippen LogP contribution in [0.2, 0.25) is 6.04 Å². The van der Waals surface area contributed by atoms with Crippen molar-refractivity contribution in [1.29, 1.82) is 0 Å². The Hall–Kier alpha value is -0.203. The molecule has 0 bridgehead atoms. The first-order chi connectivity index (χ1) is 9.15. The van der Waals surface area contributed by atoms with Crippen molar-refractivity contribution in [3.63, 3.8) is 0 Å². The molecule has 0 saturated carbocycles. The zero-order chi connectivity index (χ0) is 14.1. The third-order valence-corrected chi connectivity index (χ3v) is 7.05. The summed E-state index contributed by atoms with van der Waals surface area (Å²) in [4.78, 5) is 1.44. The van der Waals surface area contributed by atoms with Gasteiger partial charge in [0.15, 0.2) is 0 Å². The van der Waals surface area contributed by atoms with Crippen LogP contribution in [-0.4, -0.2) is 28.6 Å². The molecule has 5 heteroatoms. The molecule has 1 aromatic rings. The number of thiophene rings is 1. The molecule has 0 amide bonds. The summed E-state index contributed by atoms with van der Waals surface area (Å²) in [5, 5.41) is 2.20. The highest BCUT2D eigenvalue weighted by Crippen LogP contribution is 2.22. The van der Waals surface area contributed by atoms with Gasteiger partial charge < -0.3 is 13.3 Å². The molecule has 110 valence electrons. The highest BCUT2D eigenvalue weighted by atomic mass is 32.1. The minimum atomic E-state index is -2.44. The molecule has 1 heterocycles. The standard InChI is InChI=1S/C14H26O3SSi/c1-5-15-19(16-6-2,17-7-3)10-8-9-14-11-13(4)12-18-14/h11-12H,5-10H2,1-4H3. The van der Waals surface area contributed by atoms with Crippen LogP contribution in [0.4, 0.5) is 0 Å². The molecule has 3 nitrogen and oxygen atoms in total. The van der Waals surface area contributed by atoms with Gasteiger partial charge in [-0.2, -0.15) is 0 Å². The zero-order valence-corrected chi connectivity index (χ0v) is 14.3. The van der Waals surface area contributed by atoms with E-state index in [1.165, 1.54) is 10.4 Å². The van der Waals surface area contributed by atoms with Gasteiger partial charge in [-0.3, -0.25) is 0 Å². The molecule has 0 saturated heterocycles. The average molecular weight is 303 g/mol. The molecule has 0 unspecified atom stereocenters. The molecule has 0 spiro atoms.